The largest absolute Gasteiger partial charge is 0.468 e. The molecule has 1 atom stereocenters. The van der Waals surface area contributed by atoms with Crippen molar-refractivity contribution in [3.05, 3.63) is 12.7 Å². The minimum Gasteiger partial charge on any atom is -0.468 e. The minimum atomic E-state index is -0.448. The number of esters is 1. The Labute approximate surface area is 78.6 Å². The number of ether oxygens (including phenoxy) is 1. The molecule has 0 aromatic carbocycles. The Kier molecular flexibility index (Phi) is 4.28. The molecule has 4 heteroatoms. The van der Waals surface area contributed by atoms with E-state index in [0.29, 0.717) is 6.42 Å². The number of carbonyl (C=O) groups is 1. The van der Waals surface area contributed by atoms with Crippen LogP contribution in [0.2, 0.25) is 0 Å². The highest BCUT2D eigenvalue weighted by Gasteiger charge is 2.43. The van der Waals surface area contributed by atoms with E-state index < -0.39 is 5.54 Å². The molecule has 1 saturated heterocycles. The molecule has 70 valence electrons. The van der Waals surface area contributed by atoms with Crippen LogP contribution in [0.25, 0.3) is 0 Å². The summed E-state index contributed by atoms with van der Waals surface area (Å²) in [6.45, 7) is 4.49. The van der Waals surface area contributed by atoms with Gasteiger partial charge < -0.3 is 10.1 Å². The summed E-state index contributed by atoms with van der Waals surface area (Å²) in [6, 6.07) is 0. The molecule has 1 aliphatic heterocycles. The molecule has 3 nitrogen and oxygen atoms in total. The quantitative estimate of drug-likeness (QED) is 0.532. The van der Waals surface area contributed by atoms with Crippen molar-refractivity contribution in [1.82, 2.24) is 5.32 Å². The summed E-state index contributed by atoms with van der Waals surface area (Å²) in [5.41, 5.74) is -0.448. The van der Waals surface area contributed by atoms with Gasteiger partial charge in [-0.1, -0.05) is 6.08 Å². The van der Waals surface area contributed by atoms with Crippen molar-refractivity contribution in [3.63, 3.8) is 0 Å². The molecule has 1 unspecified atom stereocenters. The highest BCUT2D eigenvalue weighted by Crippen LogP contribution is 2.24. The Morgan fingerprint density at radius 3 is 2.67 bits per heavy atom. The molecule has 0 spiro atoms. The van der Waals surface area contributed by atoms with Crippen LogP contribution in [-0.4, -0.2) is 25.2 Å². The molecular weight excluding hydrogens is 178 g/mol. The predicted octanol–water partition coefficient (Wildman–Crippen LogP) is 0.889. The van der Waals surface area contributed by atoms with Gasteiger partial charge in [-0.3, -0.25) is 4.79 Å². The van der Waals surface area contributed by atoms with Crippen LogP contribution >= 0.6 is 12.4 Å². The van der Waals surface area contributed by atoms with Gasteiger partial charge in [0.2, 0.25) is 0 Å². The maximum Gasteiger partial charge on any atom is 0.326 e. The van der Waals surface area contributed by atoms with Crippen LogP contribution in [0.1, 0.15) is 12.8 Å². The molecule has 0 saturated carbocycles. The second-order valence-electron chi connectivity index (χ2n) is 2.74. The Balaban J connectivity index is 0.00000121. The van der Waals surface area contributed by atoms with E-state index in [4.69, 9.17) is 0 Å². The van der Waals surface area contributed by atoms with E-state index >= 15 is 0 Å². The molecule has 0 aromatic heterocycles. The topological polar surface area (TPSA) is 38.3 Å². The van der Waals surface area contributed by atoms with E-state index in [1.807, 2.05) is 0 Å². The first-order valence-electron chi connectivity index (χ1n) is 3.69. The molecule has 12 heavy (non-hydrogen) atoms. The van der Waals surface area contributed by atoms with Crippen molar-refractivity contribution in [2.45, 2.75) is 18.4 Å². The van der Waals surface area contributed by atoms with Gasteiger partial charge in [0, 0.05) is 0 Å². The smallest absolute Gasteiger partial charge is 0.326 e. The lowest BCUT2D eigenvalue weighted by Crippen LogP contribution is -2.62. The summed E-state index contributed by atoms with van der Waals surface area (Å²) in [7, 11) is 1.41. The fourth-order valence-corrected chi connectivity index (χ4v) is 1.30. The molecule has 1 rings (SSSR count). The number of hydrogen-bond donors (Lipinski definition) is 1. The van der Waals surface area contributed by atoms with E-state index in [1.165, 1.54) is 7.11 Å². The number of carbonyl (C=O) groups excluding carboxylic acids is 1. The van der Waals surface area contributed by atoms with Gasteiger partial charge >= 0.3 is 5.97 Å². The summed E-state index contributed by atoms with van der Waals surface area (Å²) >= 11 is 0. The van der Waals surface area contributed by atoms with Crippen molar-refractivity contribution in [2.75, 3.05) is 13.7 Å². The fraction of sp³-hybridized carbons (Fsp3) is 0.625. The maximum atomic E-state index is 11.2. The van der Waals surface area contributed by atoms with Crippen molar-refractivity contribution in [3.8, 4) is 0 Å². The van der Waals surface area contributed by atoms with E-state index in [-0.39, 0.29) is 18.4 Å². The third-order valence-electron chi connectivity index (χ3n) is 2.08. The third-order valence-corrected chi connectivity index (χ3v) is 2.08. The first kappa shape index (κ1) is 11.5. The molecule has 0 radical (unpaired) electrons. The molecule has 1 heterocycles. The lowest BCUT2D eigenvalue weighted by atomic mass is 9.85. The van der Waals surface area contributed by atoms with Gasteiger partial charge in [-0.25, -0.2) is 0 Å². The second kappa shape index (κ2) is 4.48. The first-order chi connectivity index (χ1) is 5.25. The van der Waals surface area contributed by atoms with E-state index in [2.05, 4.69) is 16.6 Å². The second-order valence-corrected chi connectivity index (χ2v) is 2.74. The van der Waals surface area contributed by atoms with Crippen molar-refractivity contribution >= 4 is 18.4 Å². The Hall–Kier alpha value is -0.540. The molecule has 0 amide bonds. The Morgan fingerprint density at radius 1 is 1.83 bits per heavy atom. The number of hydrogen-bond acceptors (Lipinski definition) is 3. The van der Waals surface area contributed by atoms with Gasteiger partial charge in [0.1, 0.15) is 5.54 Å². The highest BCUT2D eigenvalue weighted by atomic mass is 35.5. The average Bonchev–Trinajstić information content (AvgIpc) is 1.95. The summed E-state index contributed by atoms with van der Waals surface area (Å²) in [4.78, 5) is 11.2. The average molecular weight is 192 g/mol. The van der Waals surface area contributed by atoms with Gasteiger partial charge in [0.15, 0.2) is 0 Å². The summed E-state index contributed by atoms with van der Waals surface area (Å²) < 4.78 is 4.66. The van der Waals surface area contributed by atoms with Crippen LogP contribution in [0, 0.1) is 0 Å². The molecular formula is C8H14ClNO2. The zero-order valence-corrected chi connectivity index (χ0v) is 7.95. The SMILES string of the molecule is C=CCC1(C(=O)OC)CCN1.Cl. The van der Waals surface area contributed by atoms with Gasteiger partial charge in [0.05, 0.1) is 7.11 Å². The number of methoxy groups -OCH3 is 1. The standard InChI is InChI=1S/C8H13NO2.ClH/c1-3-4-8(5-6-9-8)7(10)11-2;/h3,9H,1,4-6H2,2H3;1H. The van der Waals surface area contributed by atoms with E-state index in [1.54, 1.807) is 6.08 Å². The van der Waals surface area contributed by atoms with Crippen LogP contribution in [0.15, 0.2) is 12.7 Å². The lowest BCUT2D eigenvalue weighted by Gasteiger charge is -2.39. The highest BCUT2D eigenvalue weighted by molar-refractivity contribution is 5.85. The normalized spacial score (nSPS) is 26.4. The molecule has 1 aliphatic rings. The summed E-state index contributed by atoms with van der Waals surface area (Å²) in [5.74, 6) is -0.177. The van der Waals surface area contributed by atoms with Gasteiger partial charge in [-0.2, -0.15) is 0 Å². The Bertz CT molecular complexity index is 178. The van der Waals surface area contributed by atoms with E-state index in [0.717, 1.165) is 13.0 Å². The van der Waals surface area contributed by atoms with Crippen molar-refractivity contribution in [1.29, 1.82) is 0 Å². The van der Waals surface area contributed by atoms with Crippen LogP contribution < -0.4 is 5.32 Å². The number of rotatable bonds is 3. The minimum absolute atomic E-state index is 0. The zero-order chi connectivity index (χ0) is 8.32. The maximum absolute atomic E-state index is 11.2. The van der Waals surface area contributed by atoms with Crippen LogP contribution in [-0.2, 0) is 9.53 Å². The van der Waals surface area contributed by atoms with Gasteiger partial charge in [0.25, 0.3) is 0 Å². The molecule has 1 fully saturated rings. The van der Waals surface area contributed by atoms with Crippen LogP contribution in [0.4, 0.5) is 0 Å². The monoisotopic (exact) mass is 191 g/mol. The predicted molar refractivity (Wildman–Crippen MR) is 49.4 cm³/mol. The number of halogens is 1. The lowest BCUT2D eigenvalue weighted by molar-refractivity contribution is -0.151. The van der Waals surface area contributed by atoms with Crippen LogP contribution in [0.3, 0.4) is 0 Å². The number of nitrogens with one attached hydrogen (secondary N) is 1. The molecule has 0 bridgehead atoms. The Morgan fingerprint density at radius 2 is 2.42 bits per heavy atom. The van der Waals surface area contributed by atoms with Crippen molar-refractivity contribution in [2.24, 2.45) is 0 Å². The molecule has 1 N–H and O–H groups in total. The summed E-state index contributed by atoms with van der Waals surface area (Å²) in [6.07, 6.45) is 3.24. The van der Waals surface area contributed by atoms with Crippen molar-refractivity contribution < 1.29 is 9.53 Å². The van der Waals surface area contributed by atoms with Gasteiger partial charge in [-0.15, -0.1) is 19.0 Å². The fourth-order valence-electron chi connectivity index (χ4n) is 1.30. The molecule has 0 aliphatic carbocycles. The van der Waals surface area contributed by atoms with Gasteiger partial charge in [-0.05, 0) is 19.4 Å². The first-order valence-corrected chi connectivity index (χ1v) is 3.69. The molecule has 0 aromatic rings. The van der Waals surface area contributed by atoms with E-state index in [9.17, 15) is 4.79 Å². The zero-order valence-electron chi connectivity index (χ0n) is 7.13. The third kappa shape index (κ3) is 1.79. The van der Waals surface area contributed by atoms with Crippen LogP contribution in [0.5, 0.6) is 0 Å². The summed E-state index contributed by atoms with van der Waals surface area (Å²) in [5, 5.41) is 3.06.